The lowest BCUT2D eigenvalue weighted by Crippen LogP contribution is -2.53. The molecule has 0 saturated carbocycles. The number of benzene rings is 2. The molecule has 34 heavy (non-hydrogen) atoms. The summed E-state index contributed by atoms with van der Waals surface area (Å²) in [6, 6.07) is 11.6. The van der Waals surface area contributed by atoms with Crippen molar-refractivity contribution in [2.24, 2.45) is 0 Å². The highest BCUT2D eigenvalue weighted by atomic mass is 35.5. The molecule has 5 rings (SSSR count). The van der Waals surface area contributed by atoms with Crippen LogP contribution in [0.5, 0.6) is 0 Å². The first-order valence-corrected chi connectivity index (χ1v) is 12.6. The highest BCUT2D eigenvalue weighted by molar-refractivity contribution is 7.15. The van der Waals surface area contributed by atoms with Gasteiger partial charge < -0.3 is 14.6 Å². The fourth-order valence-electron chi connectivity index (χ4n) is 4.35. The van der Waals surface area contributed by atoms with Crippen LogP contribution in [0.15, 0.2) is 46.9 Å². The monoisotopic (exact) mass is 517 g/mol. The lowest BCUT2D eigenvalue weighted by Gasteiger charge is -2.36. The molecule has 1 fully saturated rings. The van der Waals surface area contributed by atoms with Gasteiger partial charge in [-0.25, -0.2) is 9.37 Å². The second-order valence-electron chi connectivity index (χ2n) is 8.33. The Morgan fingerprint density at radius 2 is 2.06 bits per heavy atom. The molecular weight excluding hydrogens is 496 g/mol. The number of hydrogen-bond acceptors (Lipinski definition) is 5. The van der Waals surface area contributed by atoms with Gasteiger partial charge in [-0.15, -0.1) is 11.3 Å². The van der Waals surface area contributed by atoms with Crippen molar-refractivity contribution < 1.29 is 13.6 Å². The number of thiazole rings is 1. The molecule has 1 aliphatic heterocycles. The zero-order valence-electron chi connectivity index (χ0n) is 18.4. The zero-order chi connectivity index (χ0) is 23.8. The molecule has 2 aromatic heterocycles. The van der Waals surface area contributed by atoms with E-state index in [0.29, 0.717) is 40.8 Å². The van der Waals surface area contributed by atoms with Gasteiger partial charge in [0.25, 0.3) is 5.91 Å². The van der Waals surface area contributed by atoms with Crippen LogP contribution in [-0.2, 0) is 6.42 Å². The van der Waals surface area contributed by atoms with E-state index in [-0.39, 0.29) is 17.8 Å². The molecule has 1 saturated heterocycles. The highest BCUT2D eigenvalue weighted by Crippen LogP contribution is 2.33. The molecule has 0 radical (unpaired) electrons. The van der Waals surface area contributed by atoms with E-state index < -0.39 is 0 Å². The molecule has 0 aliphatic carbocycles. The van der Waals surface area contributed by atoms with Gasteiger partial charge >= 0.3 is 0 Å². The van der Waals surface area contributed by atoms with Crippen LogP contribution in [0.3, 0.4) is 0 Å². The third kappa shape index (κ3) is 4.70. The van der Waals surface area contributed by atoms with E-state index in [0.717, 1.165) is 39.6 Å². The predicted octanol–water partition coefficient (Wildman–Crippen LogP) is 6.36. The van der Waals surface area contributed by atoms with Crippen LogP contribution in [0, 0.1) is 12.7 Å². The number of amides is 1. The van der Waals surface area contributed by atoms with Crippen LogP contribution >= 0.6 is 34.5 Å². The fraction of sp³-hybridized carbons (Fsp3) is 0.280. The van der Waals surface area contributed by atoms with Gasteiger partial charge in [0.1, 0.15) is 17.3 Å². The summed E-state index contributed by atoms with van der Waals surface area (Å²) >= 11 is 13.8. The number of rotatable bonds is 5. The maximum Gasteiger partial charge on any atom is 0.274 e. The summed E-state index contributed by atoms with van der Waals surface area (Å²) in [5.41, 5.74) is 1.84. The molecule has 0 spiro atoms. The molecule has 1 atom stereocenters. The number of carbonyl (C=O) groups is 1. The van der Waals surface area contributed by atoms with Gasteiger partial charge in [0.2, 0.25) is 0 Å². The summed E-state index contributed by atoms with van der Waals surface area (Å²) < 4.78 is 19.4. The number of aryl methyl sites for hydroxylation is 2. The molecule has 1 N–H and O–H groups in total. The summed E-state index contributed by atoms with van der Waals surface area (Å²) in [5, 5.41) is 6.10. The van der Waals surface area contributed by atoms with Crippen molar-refractivity contribution >= 4 is 51.4 Å². The normalized spacial score (nSPS) is 16.4. The number of carbonyl (C=O) groups excluding carboxylic acids is 1. The quantitative estimate of drug-likeness (QED) is 0.334. The smallest absolute Gasteiger partial charge is 0.274 e. The standard InChI is InChI=1S/C25H22Cl2FN3O2S/c1-14-30-22(24(34-14)15-2-4-18(28)5-3-15)25(32)31-9-8-29-13-19(31)6-7-20-11-16-10-17(26)12-21(27)23(16)33-20/h2-5,10-12,19,29H,6-9,13H2,1H3/t19-/m0/s1. The van der Waals surface area contributed by atoms with Crippen molar-refractivity contribution in [1.29, 1.82) is 0 Å². The van der Waals surface area contributed by atoms with Gasteiger partial charge in [-0.3, -0.25) is 4.79 Å². The van der Waals surface area contributed by atoms with Crippen molar-refractivity contribution in [3.63, 3.8) is 0 Å². The highest BCUT2D eigenvalue weighted by Gasteiger charge is 2.31. The number of nitrogens with zero attached hydrogens (tertiary/aromatic N) is 2. The van der Waals surface area contributed by atoms with Gasteiger partial charge in [-0.1, -0.05) is 35.3 Å². The molecule has 1 amide bonds. The van der Waals surface area contributed by atoms with Gasteiger partial charge in [-0.05, 0) is 49.2 Å². The summed E-state index contributed by atoms with van der Waals surface area (Å²) in [6.45, 7) is 3.87. The Kier molecular flexibility index (Phi) is 6.62. The van der Waals surface area contributed by atoms with Crippen LogP contribution < -0.4 is 5.32 Å². The van der Waals surface area contributed by atoms with Crippen molar-refractivity contribution in [3.05, 3.63) is 74.8 Å². The Morgan fingerprint density at radius 3 is 2.85 bits per heavy atom. The Balaban J connectivity index is 1.37. The summed E-state index contributed by atoms with van der Waals surface area (Å²) in [7, 11) is 0. The van der Waals surface area contributed by atoms with E-state index >= 15 is 0 Å². The summed E-state index contributed by atoms with van der Waals surface area (Å²) in [6.07, 6.45) is 1.37. The minimum Gasteiger partial charge on any atom is -0.460 e. The van der Waals surface area contributed by atoms with Gasteiger partial charge in [0, 0.05) is 42.5 Å². The van der Waals surface area contributed by atoms with E-state index in [9.17, 15) is 9.18 Å². The van der Waals surface area contributed by atoms with Crippen LogP contribution in [0.2, 0.25) is 10.0 Å². The Bertz CT molecular complexity index is 1350. The van der Waals surface area contributed by atoms with E-state index in [1.54, 1.807) is 18.2 Å². The van der Waals surface area contributed by atoms with Crippen LogP contribution in [-0.4, -0.2) is 41.5 Å². The van der Waals surface area contributed by atoms with Crippen LogP contribution in [0.25, 0.3) is 21.4 Å². The average molecular weight is 518 g/mol. The van der Waals surface area contributed by atoms with Crippen molar-refractivity contribution in [2.45, 2.75) is 25.8 Å². The fourth-order valence-corrected chi connectivity index (χ4v) is 5.82. The van der Waals surface area contributed by atoms with Crippen LogP contribution in [0.4, 0.5) is 4.39 Å². The molecule has 5 nitrogen and oxygen atoms in total. The number of fused-ring (bicyclic) bond motifs is 1. The molecular formula is C25H22Cl2FN3O2S. The molecule has 1 aliphatic rings. The maximum absolute atomic E-state index is 13.6. The largest absolute Gasteiger partial charge is 0.460 e. The second-order valence-corrected chi connectivity index (χ2v) is 10.4. The number of furan rings is 1. The molecule has 0 unspecified atom stereocenters. The number of hydrogen-bond donors (Lipinski definition) is 1. The van der Waals surface area contributed by atoms with Gasteiger partial charge in [0.05, 0.1) is 14.9 Å². The second kappa shape index (κ2) is 9.66. The Morgan fingerprint density at radius 1 is 1.26 bits per heavy atom. The number of halogens is 3. The lowest BCUT2D eigenvalue weighted by atomic mass is 10.0. The number of piperazine rings is 1. The first-order chi connectivity index (χ1) is 16.4. The van der Waals surface area contributed by atoms with E-state index in [1.807, 2.05) is 24.0 Å². The Labute approximate surface area is 210 Å². The zero-order valence-corrected chi connectivity index (χ0v) is 20.7. The van der Waals surface area contributed by atoms with Crippen molar-refractivity contribution in [3.8, 4) is 10.4 Å². The SMILES string of the molecule is Cc1nc(C(=O)N2CCNC[C@@H]2CCc2cc3cc(Cl)cc(Cl)c3o2)c(-c2ccc(F)cc2)s1. The van der Waals surface area contributed by atoms with Gasteiger partial charge in [-0.2, -0.15) is 0 Å². The molecule has 176 valence electrons. The first kappa shape index (κ1) is 23.3. The average Bonchev–Trinajstić information content (AvgIpc) is 3.41. The van der Waals surface area contributed by atoms with E-state index in [2.05, 4.69) is 10.3 Å². The predicted molar refractivity (Wildman–Crippen MR) is 134 cm³/mol. The minimum absolute atomic E-state index is 0.0170. The number of nitrogens with one attached hydrogen (secondary N) is 1. The third-order valence-electron chi connectivity index (χ3n) is 5.96. The Hall–Kier alpha value is -2.45. The van der Waals surface area contributed by atoms with Gasteiger partial charge in [0.15, 0.2) is 5.58 Å². The van der Waals surface area contributed by atoms with E-state index in [4.69, 9.17) is 27.6 Å². The summed E-state index contributed by atoms with van der Waals surface area (Å²) in [4.78, 5) is 20.8. The lowest BCUT2D eigenvalue weighted by molar-refractivity contribution is 0.0619. The minimum atomic E-state index is -0.311. The summed E-state index contributed by atoms with van der Waals surface area (Å²) in [5.74, 6) is 0.387. The van der Waals surface area contributed by atoms with E-state index in [1.165, 1.54) is 23.5 Å². The molecule has 2 aromatic carbocycles. The van der Waals surface area contributed by atoms with Crippen molar-refractivity contribution in [1.82, 2.24) is 15.2 Å². The molecule has 4 aromatic rings. The third-order valence-corrected chi connectivity index (χ3v) is 7.48. The number of aromatic nitrogens is 1. The topological polar surface area (TPSA) is 58.4 Å². The molecule has 0 bridgehead atoms. The van der Waals surface area contributed by atoms with Crippen LogP contribution in [0.1, 0.15) is 27.7 Å². The molecule has 3 heterocycles. The molecule has 9 heteroatoms. The first-order valence-electron chi connectivity index (χ1n) is 11.0. The maximum atomic E-state index is 13.6. The van der Waals surface area contributed by atoms with Crippen molar-refractivity contribution in [2.75, 3.05) is 19.6 Å².